The first-order chi connectivity index (χ1) is 12.6. The second kappa shape index (κ2) is 6.00. The lowest BCUT2D eigenvalue weighted by atomic mass is 10.2. The smallest absolute Gasteiger partial charge is 0.269 e. The van der Waals surface area contributed by atoms with Crippen molar-refractivity contribution in [3.8, 4) is 5.69 Å². The van der Waals surface area contributed by atoms with Crippen molar-refractivity contribution < 1.29 is 4.92 Å². The Morgan fingerprint density at radius 1 is 1.00 bits per heavy atom. The van der Waals surface area contributed by atoms with E-state index >= 15 is 0 Å². The number of nitrogens with zero attached hydrogens (tertiary/aromatic N) is 3. The number of allylic oxidation sites excluding steroid dienone is 1. The minimum absolute atomic E-state index is 0.0111. The molecular weight excluding hydrogens is 330 g/mol. The summed E-state index contributed by atoms with van der Waals surface area (Å²) < 4.78 is 3.69. The fourth-order valence-electron chi connectivity index (χ4n) is 3.35. The second-order valence-corrected chi connectivity index (χ2v) is 5.93. The van der Waals surface area contributed by atoms with Crippen LogP contribution in [0.1, 0.15) is 0 Å². The Labute approximate surface area is 148 Å². The maximum Gasteiger partial charge on any atom is 0.269 e. The number of benzene rings is 2. The Morgan fingerprint density at radius 3 is 2.42 bits per heavy atom. The standard InChI is InChI=1S/C20H15N3O3/c1-2-13-21-17-6-4-3-5-16(17)20-18(21)11-12-19(24)22(20)14-7-9-15(10-8-14)23(25)26/h2-12H,1,13H2. The summed E-state index contributed by atoms with van der Waals surface area (Å²) in [5, 5.41) is 11.8. The van der Waals surface area contributed by atoms with Crippen molar-refractivity contribution in [2.75, 3.05) is 0 Å². The van der Waals surface area contributed by atoms with Crippen molar-refractivity contribution >= 4 is 27.6 Å². The van der Waals surface area contributed by atoms with Gasteiger partial charge in [-0.05, 0) is 24.3 Å². The highest BCUT2D eigenvalue weighted by atomic mass is 16.6. The van der Waals surface area contributed by atoms with Crippen LogP contribution in [-0.4, -0.2) is 14.1 Å². The second-order valence-electron chi connectivity index (χ2n) is 5.93. The zero-order chi connectivity index (χ0) is 18.3. The number of nitro benzene ring substituents is 1. The molecule has 2 aromatic heterocycles. The molecule has 4 aromatic rings. The number of para-hydroxylation sites is 1. The maximum atomic E-state index is 12.7. The largest absolute Gasteiger partial charge is 0.335 e. The van der Waals surface area contributed by atoms with Gasteiger partial charge in [-0.1, -0.05) is 24.3 Å². The molecule has 0 fully saturated rings. The highest BCUT2D eigenvalue weighted by Crippen LogP contribution is 2.29. The highest BCUT2D eigenvalue weighted by Gasteiger charge is 2.15. The Hall–Kier alpha value is -3.67. The van der Waals surface area contributed by atoms with E-state index in [-0.39, 0.29) is 11.2 Å². The molecule has 0 amide bonds. The quantitative estimate of drug-likeness (QED) is 0.318. The van der Waals surface area contributed by atoms with E-state index in [2.05, 4.69) is 11.1 Å². The molecular formula is C20H15N3O3. The predicted octanol–water partition coefficient (Wildman–Crippen LogP) is 4.04. The third kappa shape index (κ3) is 2.31. The van der Waals surface area contributed by atoms with Crippen LogP contribution in [0.4, 0.5) is 5.69 Å². The number of hydrogen-bond acceptors (Lipinski definition) is 3. The molecule has 0 aliphatic rings. The van der Waals surface area contributed by atoms with Crippen molar-refractivity contribution in [1.82, 2.24) is 9.13 Å². The molecule has 0 bridgehead atoms. The first-order valence-corrected chi connectivity index (χ1v) is 8.10. The van der Waals surface area contributed by atoms with E-state index in [1.54, 1.807) is 16.7 Å². The lowest BCUT2D eigenvalue weighted by Gasteiger charge is -2.09. The molecule has 0 N–H and O–H groups in total. The number of aromatic nitrogens is 2. The summed E-state index contributed by atoms with van der Waals surface area (Å²) in [5.41, 5.74) is 3.08. The normalized spacial score (nSPS) is 11.1. The van der Waals surface area contributed by atoms with Crippen LogP contribution in [0.15, 0.2) is 78.1 Å². The molecule has 6 heteroatoms. The van der Waals surface area contributed by atoms with Gasteiger partial charge in [-0.15, -0.1) is 6.58 Å². The molecule has 0 radical (unpaired) electrons. The molecule has 4 rings (SSSR count). The summed E-state index contributed by atoms with van der Waals surface area (Å²) in [5.74, 6) is 0. The first-order valence-electron chi connectivity index (χ1n) is 8.10. The van der Waals surface area contributed by atoms with Crippen LogP contribution in [0.5, 0.6) is 0 Å². The minimum atomic E-state index is -0.455. The van der Waals surface area contributed by atoms with Gasteiger partial charge in [0.15, 0.2) is 0 Å². The molecule has 2 aromatic carbocycles. The molecule has 128 valence electrons. The summed E-state index contributed by atoms with van der Waals surface area (Å²) in [6, 6.07) is 17.2. The molecule has 6 nitrogen and oxygen atoms in total. The van der Waals surface area contributed by atoms with E-state index in [0.717, 1.165) is 21.9 Å². The van der Waals surface area contributed by atoms with Crippen LogP contribution in [0.3, 0.4) is 0 Å². The Kier molecular flexibility index (Phi) is 3.65. The van der Waals surface area contributed by atoms with Gasteiger partial charge in [0.2, 0.25) is 0 Å². The van der Waals surface area contributed by atoms with Gasteiger partial charge in [0, 0.05) is 35.8 Å². The van der Waals surface area contributed by atoms with Gasteiger partial charge >= 0.3 is 0 Å². The SMILES string of the molecule is C=CCn1c2ccccc2c2c1ccc(=O)n2-c1ccc([N+](=O)[O-])cc1. The van der Waals surface area contributed by atoms with Crippen LogP contribution in [-0.2, 0) is 6.54 Å². The summed E-state index contributed by atoms with van der Waals surface area (Å²) in [4.78, 5) is 23.1. The van der Waals surface area contributed by atoms with Gasteiger partial charge < -0.3 is 4.57 Å². The number of non-ortho nitro benzene ring substituents is 1. The van der Waals surface area contributed by atoms with E-state index in [9.17, 15) is 14.9 Å². The van der Waals surface area contributed by atoms with Crippen molar-refractivity contribution in [2.24, 2.45) is 0 Å². The predicted molar refractivity (Wildman–Crippen MR) is 102 cm³/mol. The number of nitro groups is 1. The zero-order valence-electron chi connectivity index (χ0n) is 13.8. The molecule has 0 aliphatic carbocycles. The van der Waals surface area contributed by atoms with Crippen molar-refractivity contribution in [3.63, 3.8) is 0 Å². The van der Waals surface area contributed by atoms with Crippen LogP contribution in [0.2, 0.25) is 0 Å². The lowest BCUT2D eigenvalue weighted by Crippen LogP contribution is -2.17. The lowest BCUT2D eigenvalue weighted by molar-refractivity contribution is -0.384. The van der Waals surface area contributed by atoms with E-state index in [0.29, 0.717) is 12.2 Å². The third-order valence-electron chi connectivity index (χ3n) is 4.44. The minimum Gasteiger partial charge on any atom is -0.335 e. The monoisotopic (exact) mass is 345 g/mol. The fourth-order valence-corrected chi connectivity index (χ4v) is 3.35. The summed E-state index contributed by atoms with van der Waals surface area (Å²) in [7, 11) is 0. The third-order valence-corrected chi connectivity index (χ3v) is 4.44. The maximum absolute atomic E-state index is 12.7. The van der Waals surface area contributed by atoms with Crippen LogP contribution >= 0.6 is 0 Å². The summed E-state index contributed by atoms with van der Waals surface area (Å²) in [6.07, 6.45) is 1.81. The van der Waals surface area contributed by atoms with Crippen LogP contribution < -0.4 is 5.56 Å². The van der Waals surface area contributed by atoms with Gasteiger partial charge in [0.05, 0.1) is 21.5 Å². The number of hydrogen-bond donors (Lipinski definition) is 0. The van der Waals surface area contributed by atoms with E-state index in [4.69, 9.17) is 0 Å². The van der Waals surface area contributed by atoms with Crippen LogP contribution in [0, 0.1) is 10.1 Å². The van der Waals surface area contributed by atoms with Gasteiger partial charge in [0.25, 0.3) is 11.2 Å². The molecule has 26 heavy (non-hydrogen) atoms. The van der Waals surface area contributed by atoms with E-state index < -0.39 is 4.92 Å². The molecule has 0 saturated carbocycles. The number of pyridine rings is 1. The molecule has 0 saturated heterocycles. The average Bonchev–Trinajstić information content (AvgIpc) is 2.96. The summed E-state index contributed by atoms with van der Waals surface area (Å²) in [6.45, 7) is 4.43. The van der Waals surface area contributed by atoms with Crippen molar-refractivity contribution in [3.05, 3.63) is 93.8 Å². The fraction of sp³-hybridized carbons (Fsp3) is 0.0500. The first kappa shape index (κ1) is 15.8. The zero-order valence-corrected chi connectivity index (χ0v) is 13.8. The van der Waals surface area contributed by atoms with Gasteiger partial charge in [0.1, 0.15) is 0 Å². The number of rotatable bonds is 4. The van der Waals surface area contributed by atoms with Crippen molar-refractivity contribution in [2.45, 2.75) is 6.54 Å². The topological polar surface area (TPSA) is 70.1 Å². The molecule has 0 atom stereocenters. The van der Waals surface area contributed by atoms with Crippen LogP contribution in [0.25, 0.3) is 27.6 Å². The molecule has 0 aliphatic heterocycles. The van der Waals surface area contributed by atoms with Gasteiger partial charge in [-0.2, -0.15) is 0 Å². The Bertz CT molecular complexity index is 1220. The average molecular weight is 345 g/mol. The highest BCUT2D eigenvalue weighted by molar-refractivity contribution is 6.06. The Balaban J connectivity index is 2.11. The van der Waals surface area contributed by atoms with Crippen molar-refractivity contribution in [1.29, 1.82) is 0 Å². The summed E-state index contributed by atoms with van der Waals surface area (Å²) >= 11 is 0. The molecule has 0 spiro atoms. The molecule has 0 unspecified atom stereocenters. The Morgan fingerprint density at radius 2 is 1.73 bits per heavy atom. The number of fused-ring (bicyclic) bond motifs is 3. The van der Waals surface area contributed by atoms with E-state index in [1.165, 1.54) is 18.2 Å². The van der Waals surface area contributed by atoms with Gasteiger partial charge in [-0.3, -0.25) is 19.5 Å². The molecule has 2 heterocycles. The van der Waals surface area contributed by atoms with Gasteiger partial charge in [-0.25, -0.2) is 0 Å². The van der Waals surface area contributed by atoms with E-state index in [1.807, 2.05) is 36.4 Å².